The minimum atomic E-state index is -4.94. The lowest BCUT2D eigenvalue weighted by molar-refractivity contribution is -0.141. The van der Waals surface area contributed by atoms with E-state index in [1.807, 2.05) is 0 Å². The average molecular weight is 308 g/mol. The highest BCUT2D eigenvalue weighted by Crippen LogP contribution is 2.44. The van der Waals surface area contributed by atoms with Crippen molar-refractivity contribution in [2.75, 3.05) is 6.61 Å². The van der Waals surface area contributed by atoms with Gasteiger partial charge in [-0.25, -0.2) is 9.13 Å². The van der Waals surface area contributed by atoms with Gasteiger partial charge in [-0.3, -0.25) is 13.8 Å². The van der Waals surface area contributed by atoms with E-state index in [0.717, 1.165) is 6.92 Å². The van der Waals surface area contributed by atoms with Crippen LogP contribution in [0.2, 0.25) is 0 Å². The molecule has 0 fully saturated rings. The molecule has 0 aliphatic heterocycles. The summed E-state index contributed by atoms with van der Waals surface area (Å²) in [5.74, 6) is -1.39. The Morgan fingerprint density at radius 3 is 2.00 bits per heavy atom. The average Bonchev–Trinajstić information content (AvgIpc) is 1.93. The van der Waals surface area contributed by atoms with Gasteiger partial charge >= 0.3 is 21.6 Å². The highest BCUT2D eigenvalue weighted by atomic mass is 31.2. The number of rotatable bonds is 8. The number of carboxylic acid groups (broad SMARTS) is 1. The van der Waals surface area contributed by atoms with Crippen LogP contribution in [0.3, 0.4) is 0 Å². The third-order valence-corrected chi connectivity index (χ3v) is 2.95. The highest BCUT2D eigenvalue weighted by molar-refractivity contribution is 7.46. The summed E-state index contributed by atoms with van der Waals surface area (Å²) in [7, 11) is -9.67. The molecule has 5 N–H and O–H groups in total. The zero-order chi connectivity index (χ0) is 14.6. The molecule has 0 saturated heterocycles. The summed E-state index contributed by atoms with van der Waals surface area (Å²) in [5.41, 5.74) is -1.81. The molecule has 0 unspecified atom stereocenters. The third-order valence-electron chi connectivity index (χ3n) is 1.75. The van der Waals surface area contributed by atoms with Gasteiger partial charge in [0.1, 0.15) is 0 Å². The lowest BCUT2D eigenvalue weighted by atomic mass is 9.99. The highest BCUT2D eigenvalue weighted by Gasteiger charge is 2.36. The molecule has 0 aromatic heterocycles. The molecule has 0 aromatic carbocycles. The van der Waals surface area contributed by atoms with Crippen LogP contribution in [0.15, 0.2) is 0 Å². The molecular formula is C6H14O10P2. The quantitative estimate of drug-likeness (QED) is 0.379. The maximum Gasteiger partial charge on any atom is 0.470 e. The largest absolute Gasteiger partial charge is 0.481 e. The normalized spacial score (nSPS) is 16.3. The molecule has 0 rings (SSSR count). The van der Waals surface area contributed by atoms with Crippen LogP contribution in [0.1, 0.15) is 19.8 Å². The zero-order valence-corrected chi connectivity index (χ0v) is 11.1. The van der Waals surface area contributed by atoms with Gasteiger partial charge in [-0.1, -0.05) is 0 Å². The molecule has 0 aromatic rings. The van der Waals surface area contributed by atoms with E-state index in [2.05, 4.69) is 9.05 Å². The Bertz CT molecular complexity index is 382. The van der Waals surface area contributed by atoms with Crippen molar-refractivity contribution in [3.63, 3.8) is 0 Å². The Kier molecular flexibility index (Phi) is 6.12. The molecule has 0 bridgehead atoms. The molecule has 0 spiro atoms. The van der Waals surface area contributed by atoms with Gasteiger partial charge in [0.2, 0.25) is 0 Å². The summed E-state index contributed by atoms with van der Waals surface area (Å²) in [6, 6.07) is 0. The molecule has 0 amide bonds. The minimum Gasteiger partial charge on any atom is -0.481 e. The second-order valence-corrected chi connectivity index (χ2v) is 6.08. The van der Waals surface area contributed by atoms with E-state index in [4.69, 9.17) is 24.7 Å². The molecule has 108 valence electrons. The monoisotopic (exact) mass is 308 g/mol. The maximum absolute atomic E-state index is 10.7. The summed E-state index contributed by atoms with van der Waals surface area (Å²) in [5, 5.41) is 8.58. The van der Waals surface area contributed by atoms with Gasteiger partial charge in [-0.2, -0.15) is 0 Å². The van der Waals surface area contributed by atoms with Crippen molar-refractivity contribution in [3.8, 4) is 0 Å². The molecule has 0 aliphatic carbocycles. The molecular weight excluding hydrogens is 294 g/mol. The van der Waals surface area contributed by atoms with Gasteiger partial charge < -0.3 is 24.7 Å². The van der Waals surface area contributed by atoms with Crippen LogP contribution in [-0.4, -0.2) is 42.9 Å². The standard InChI is InChI=1S/C6H14O10P2/c1-6(4-5(7)8,16-18(12,13)14)2-3-15-17(9,10)11/h2-4H2,1H3,(H,7,8)(H2,9,10,11)(H2,12,13,14)/t6-/m1/s1. The summed E-state index contributed by atoms with van der Waals surface area (Å²) in [4.78, 5) is 44.6. The Hall–Kier alpha value is -0.310. The van der Waals surface area contributed by atoms with Crippen LogP contribution >= 0.6 is 15.6 Å². The summed E-state index contributed by atoms with van der Waals surface area (Å²) in [6.07, 6.45) is -1.18. The number of aliphatic carboxylic acids is 1. The first-order valence-electron chi connectivity index (χ1n) is 4.51. The zero-order valence-electron chi connectivity index (χ0n) is 9.29. The van der Waals surface area contributed by atoms with Crippen molar-refractivity contribution in [2.24, 2.45) is 0 Å². The van der Waals surface area contributed by atoms with Gasteiger partial charge in [-0.15, -0.1) is 0 Å². The second kappa shape index (κ2) is 6.23. The Balaban J connectivity index is 4.63. The summed E-state index contributed by atoms with van der Waals surface area (Å²) < 4.78 is 29.4. The predicted molar refractivity (Wildman–Crippen MR) is 56.4 cm³/mol. The predicted octanol–water partition coefficient (Wildman–Crippen LogP) is -0.172. The van der Waals surface area contributed by atoms with E-state index >= 15 is 0 Å². The molecule has 10 nitrogen and oxygen atoms in total. The number of hydrogen-bond acceptors (Lipinski definition) is 5. The van der Waals surface area contributed by atoms with Crippen molar-refractivity contribution in [1.82, 2.24) is 0 Å². The van der Waals surface area contributed by atoms with E-state index in [1.165, 1.54) is 0 Å². The van der Waals surface area contributed by atoms with Crippen LogP contribution in [0.5, 0.6) is 0 Å². The Morgan fingerprint density at radius 1 is 1.17 bits per heavy atom. The van der Waals surface area contributed by atoms with E-state index in [1.54, 1.807) is 0 Å². The van der Waals surface area contributed by atoms with Crippen molar-refractivity contribution >= 4 is 21.6 Å². The molecule has 0 radical (unpaired) electrons. The van der Waals surface area contributed by atoms with Gasteiger partial charge in [0.15, 0.2) is 0 Å². The van der Waals surface area contributed by atoms with Crippen molar-refractivity contribution in [3.05, 3.63) is 0 Å². The van der Waals surface area contributed by atoms with Crippen molar-refractivity contribution < 1.29 is 47.7 Å². The van der Waals surface area contributed by atoms with Crippen LogP contribution in [0, 0.1) is 0 Å². The molecule has 0 heterocycles. The minimum absolute atomic E-state index is 0.421. The topological polar surface area (TPSA) is 171 Å². The Morgan fingerprint density at radius 2 is 1.67 bits per heavy atom. The lowest BCUT2D eigenvalue weighted by Gasteiger charge is -2.27. The fourth-order valence-electron chi connectivity index (χ4n) is 1.15. The van der Waals surface area contributed by atoms with E-state index in [-0.39, 0.29) is 0 Å². The number of carboxylic acids is 1. The summed E-state index contributed by atoms with van der Waals surface area (Å²) >= 11 is 0. The van der Waals surface area contributed by atoms with Crippen LogP contribution < -0.4 is 0 Å². The number of phosphoric acid groups is 2. The van der Waals surface area contributed by atoms with Gasteiger partial charge in [0.05, 0.1) is 18.6 Å². The first kappa shape index (κ1) is 17.7. The van der Waals surface area contributed by atoms with Crippen LogP contribution in [-0.2, 0) is 23.0 Å². The van der Waals surface area contributed by atoms with E-state index in [0.29, 0.717) is 0 Å². The molecule has 12 heteroatoms. The summed E-state index contributed by atoms with van der Waals surface area (Å²) in [6.45, 7) is 0.470. The Labute approximate surface area is 102 Å². The smallest absolute Gasteiger partial charge is 0.470 e. The fraction of sp³-hybridized carbons (Fsp3) is 0.833. The first-order chi connectivity index (χ1) is 7.83. The second-order valence-electron chi connectivity index (χ2n) is 3.68. The lowest BCUT2D eigenvalue weighted by Crippen LogP contribution is -2.32. The van der Waals surface area contributed by atoms with Crippen LogP contribution in [0.4, 0.5) is 0 Å². The number of phosphoric ester groups is 2. The van der Waals surface area contributed by atoms with E-state index in [9.17, 15) is 13.9 Å². The fourth-order valence-corrected chi connectivity index (χ4v) is 2.21. The van der Waals surface area contributed by atoms with Crippen LogP contribution in [0.25, 0.3) is 0 Å². The van der Waals surface area contributed by atoms with Crippen molar-refractivity contribution in [1.29, 1.82) is 0 Å². The number of hydrogen-bond donors (Lipinski definition) is 5. The molecule has 0 aliphatic rings. The first-order valence-corrected chi connectivity index (χ1v) is 7.57. The van der Waals surface area contributed by atoms with Crippen molar-refractivity contribution in [2.45, 2.75) is 25.4 Å². The maximum atomic E-state index is 10.7. The van der Waals surface area contributed by atoms with E-state index < -0.39 is 46.7 Å². The molecule has 0 saturated carbocycles. The van der Waals surface area contributed by atoms with Gasteiger partial charge in [0.25, 0.3) is 0 Å². The number of carbonyl (C=O) groups is 1. The van der Waals surface area contributed by atoms with Gasteiger partial charge in [-0.05, 0) is 6.92 Å². The molecule has 1 atom stereocenters. The SMILES string of the molecule is C[C@@](CCOP(=O)(O)O)(CC(=O)O)OP(=O)(O)O. The molecule has 18 heavy (non-hydrogen) atoms. The van der Waals surface area contributed by atoms with Gasteiger partial charge in [0, 0.05) is 6.42 Å². The third kappa shape index (κ3) is 9.69.